The standard InChI is InChI=1S/C22H32N4O4.C17H24N4O2/c1-16-7-5-8-17(15-16)23-20(28)25-13-11-24(12-14-25)19(27)18-9-6-10-26(18)21(29)30-22(2,3)4;1-13-4-2-5-14(12-13)19-17(23)21-10-8-20(9-11-21)16(22)15-6-3-7-18-15/h5,7-8,15,18H,6,9-14H2,1-4H3,(H,23,28);2,4-5,12,15,18H,3,6-11H2,1H3,(H,19,23)/t18-;15-/m00/s1. The van der Waals surface area contributed by atoms with Crippen molar-refractivity contribution in [3.8, 4) is 0 Å². The van der Waals surface area contributed by atoms with E-state index in [0.29, 0.717) is 65.3 Å². The van der Waals surface area contributed by atoms with Crippen LogP contribution >= 0.6 is 0 Å². The molecule has 14 nitrogen and oxygen atoms in total. The first-order valence-electron chi connectivity index (χ1n) is 18.8. The third-order valence-corrected chi connectivity index (χ3v) is 9.82. The highest BCUT2D eigenvalue weighted by molar-refractivity contribution is 5.91. The number of nitrogens with one attached hydrogen (secondary N) is 3. The molecule has 4 saturated heterocycles. The van der Waals surface area contributed by atoms with Crippen LogP contribution in [0, 0.1) is 13.8 Å². The Labute approximate surface area is 313 Å². The first-order valence-corrected chi connectivity index (χ1v) is 18.8. The fraction of sp³-hybridized carbons (Fsp3) is 0.564. The molecule has 3 N–H and O–H groups in total. The van der Waals surface area contributed by atoms with E-state index < -0.39 is 17.7 Å². The Hall–Kier alpha value is -4.85. The number of benzene rings is 2. The Bertz CT molecular complexity index is 1610. The Morgan fingerprint density at radius 1 is 0.660 bits per heavy atom. The summed E-state index contributed by atoms with van der Waals surface area (Å²) < 4.78 is 5.46. The monoisotopic (exact) mass is 732 g/mol. The Kier molecular flexibility index (Phi) is 13.2. The van der Waals surface area contributed by atoms with Crippen LogP contribution in [0.15, 0.2) is 48.5 Å². The SMILES string of the molecule is Cc1cccc(NC(=O)N2CCN(C(=O)[C@@H]3CCCN3)CC2)c1.Cc1cccc(NC(=O)N2CCN(C(=O)[C@@H]3CCCN3C(=O)OC(C)(C)C)CC2)c1. The van der Waals surface area contributed by atoms with E-state index in [1.165, 1.54) is 0 Å². The maximum absolute atomic E-state index is 13.0. The zero-order valence-electron chi connectivity index (χ0n) is 31.9. The van der Waals surface area contributed by atoms with Gasteiger partial charge in [0.1, 0.15) is 11.6 Å². The lowest BCUT2D eigenvalue weighted by Crippen LogP contribution is -2.56. The second-order valence-corrected chi connectivity index (χ2v) is 15.2. The van der Waals surface area contributed by atoms with Gasteiger partial charge in [-0.3, -0.25) is 14.5 Å². The molecule has 53 heavy (non-hydrogen) atoms. The van der Waals surface area contributed by atoms with Crippen LogP contribution < -0.4 is 16.0 Å². The molecule has 0 spiro atoms. The van der Waals surface area contributed by atoms with Crippen LogP contribution in [0.1, 0.15) is 57.6 Å². The summed E-state index contributed by atoms with van der Waals surface area (Å²) in [7, 11) is 0. The normalized spacial score (nSPS) is 20.4. The van der Waals surface area contributed by atoms with Crippen molar-refractivity contribution in [1.29, 1.82) is 0 Å². The summed E-state index contributed by atoms with van der Waals surface area (Å²) in [6.07, 6.45) is 2.98. The summed E-state index contributed by atoms with van der Waals surface area (Å²) in [4.78, 5) is 71.4. The lowest BCUT2D eigenvalue weighted by molar-refractivity contribution is -0.137. The number of nitrogens with zero attached hydrogens (tertiary/aromatic N) is 5. The molecule has 0 unspecified atom stereocenters. The van der Waals surface area contributed by atoms with Crippen molar-refractivity contribution < 1.29 is 28.7 Å². The maximum Gasteiger partial charge on any atom is 0.410 e. The van der Waals surface area contributed by atoms with Gasteiger partial charge in [0.25, 0.3) is 0 Å². The van der Waals surface area contributed by atoms with Crippen LogP contribution in [-0.4, -0.2) is 138 Å². The molecule has 0 radical (unpaired) electrons. The molecule has 0 aliphatic carbocycles. The minimum Gasteiger partial charge on any atom is -0.444 e. The number of piperazine rings is 2. The van der Waals surface area contributed by atoms with E-state index in [0.717, 1.165) is 48.3 Å². The van der Waals surface area contributed by atoms with Crippen molar-refractivity contribution in [1.82, 2.24) is 29.8 Å². The van der Waals surface area contributed by atoms with Crippen molar-refractivity contribution in [3.05, 3.63) is 59.7 Å². The average molecular weight is 733 g/mol. The smallest absolute Gasteiger partial charge is 0.410 e. The molecule has 6 rings (SSSR count). The molecule has 7 amide bonds. The largest absolute Gasteiger partial charge is 0.444 e. The van der Waals surface area contributed by atoms with Gasteiger partial charge in [-0.2, -0.15) is 0 Å². The average Bonchev–Trinajstić information content (AvgIpc) is 3.85. The van der Waals surface area contributed by atoms with E-state index in [4.69, 9.17) is 4.74 Å². The second kappa shape index (κ2) is 17.8. The predicted octanol–water partition coefficient (Wildman–Crippen LogP) is 4.49. The highest BCUT2D eigenvalue weighted by Gasteiger charge is 2.39. The number of urea groups is 2. The van der Waals surface area contributed by atoms with E-state index in [1.807, 2.05) is 88.0 Å². The molecule has 4 aliphatic heterocycles. The first kappa shape index (κ1) is 39.4. The van der Waals surface area contributed by atoms with Crippen LogP contribution in [0.4, 0.5) is 25.8 Å². The van der Waals surface area contributed by atoms with Gasteiger partial charge in [-0.1, -0.05) is 24.3 Å². The van der Waals surface area contributed by atoms with Crippen molar-refractivity contribution in [2.45, 2.75) is 78.0 Å². The summed E-state index contributed by atoms with van der Waals surface area (Å²) in [5.41, 5.74) is 3.17. The number of anilines is 2. The second-order valence-electron chi connectivity index (χ2n) is 15.2. The van der Waals surface area contributed by atoms with Gasteiger partial charge in [0.05, 0.1) is 6.04 Å². The van der Waals surface area contributed by atoms with Gasteiger partial charge < -0.3 is 40.3 Å². The molecule has 0 aromatic heterocycles. The van der Waals surface area contributed by atoms with Crippen LogP contribution in [0.2, 0.25) is 0 Å². The zero-order valence-corrected chi connectivity index (χ0v) is 31.9. The molecular formula is C39H56N8O6. The fourth-order valence-electron chi connectivity index (χ4n) is 7.00. The first-order chi connectivity index (χ1) is 25.3. The number of likely N-dealkylation sites (tertiary alicyclic amines) is 1. The number of ether oxygens (including phenoxy) is 1. The minimum absolute atomic E-state index is 0.0253. The van der Waals surface area contributed by atoms with Gasteiger partial charge in [0, 0.05) is 70.3 Å². The Morgan fingerprint density at radius 2 is 1.15 bits per heavy atom. The van der Waals surface area contributed by atoms with Gasteiger partial charge in [-0.05, 0) is 102 Å². The lowest BCUT2D eigenvalue weighted by atomic mass is 10.1. The molecule has 4 aliphatic rings. The summed E-state index contributed by atoms with van der Waals surface area (Å²) >= 11 is 0. The summed E-state index contributed by atoms with van der Waals surface area (Å²) in [5.74, 6) is 0.123. The van der Waals surface area contributed by atoms with E-state index in [9.17, 15) is 24.0 Å². The van der Waals surface area contributed by atoms with E-state index in [-0.39, 0.29) is 29.9 Å². The number of rotatable bonds is 4. The molecule has 4 fully saturated rings. The van der Waals surface area contributed by atoms with Crippen LogP contribution in [0.5, 0.6) is 0 Å². The van der Waals surface area contributed by atoms with Gasteiger partial charge in [-0.15, -0.1) is 0 Å². The van der Waals surface area contributed by atoms with Gasteiger partial charge >= 0.3 is 18.2 Å². The summed E-state index contributed by atoms with van der Waals surface area (Å²) in [6, 6.07) is 14.6. The molecule has 0 bridgehead atoms. The van der Waals surface area contributed by atoms with Crippen LogP contribution in [0.25, 0.3) is 0 Å². The fourth-order valence-corrected chi connectivity index (χ4v) is 7.00. The van der Waals surface area contributed by atoms with Gasteiger partial charge in [0.2, 0.25) is 11.8 Å². The van der Waals surface area contributed by atoms with E-state index in [2.05, 4.69) is 16.0 Å². The molecule has 2 aromatic carbocycles. The van der Waals surface area contributed by atoms with Crippen molar-refractivity contribution in [2.75, 3.05) is 76.1 Å². The molecule has 2 aromatic rings. The number of hydrogen-bond acceptors (Lipinski definition) is 7. The lowest BCUT2D eigenvalue weighted by Gasteiger charge is -2.37. The minimum atomic E-state index is -0.594. The van der Waals surface area contributed by atoms with Gasteiger partial charge in [-0.25, -0.2) is 14.4 Å². The molecule has 0 saturated carbocycles. The Morgan fingerprint density at radius 3 is 1.60 bits per heavy atom. The molecule has 14 heteroatoms. The van der Waals surface area contributed by atoms with E-state index in [1.54, 1.807) is 19.6 Å². The Balaban J connectivity index is 0.000000211. The van der Waals surface area contributed by atoms with Crippen LogP contribution in [0.3, 0.4) is 0 Å². The van der Waals surface area contributed by atoms with Crippen molar-refractivity contribution in [3.63, 3.8) is 0 Å². The molecule has 4 heterocycles. The number of hydrogen-bond donors (Lipinski definition) is 3. The molecular weight excluding hydrogens is 676 g/mol. The third-order valence-electron chi connectivity index (χ3n) is 9.82. The number of carbonyl (C=O) groups excluding carboxylic acids is 5. The quantitative estimate of drug-likeness (QED) is 0.420. The highest BCUT2D eigenvalue weighted by Crippen LogP contribution is 2.23. The van der Waals surface area contributed by atoms with Crippen LogP contribution in [-0.2, 0) is 14.3 Å². The number of aryl methyl sites for hydroxylation is 2. The van der Waals surface area contributed by atoms with Crippen molar-refractivity contribution >= 4 is 41.3 Å². The maximum atomic E-state index is 13.0. The third kappa shape index (κ3) is 11.1. The molecule has 2 atom stereocenters. The number of carbonyl (C=O) groups is 5. The van der Waals surface area contributed by atoms with E-state index >= 15 is 0 Å². The van der Waals surface area contributed by atoms with Gasteiger partial charge in [0.15, 0.2) is 0 Å². The molecule has 288 valence electrons. The highest BCUT2D eigenvalue weighted by atomic mass is 16.6. The predicted molar refractivity (Wildman–Crippen MR) is 204 cm³/mol. The zero-order chi connectivity index (χ0) is 38.1. The summed E-state index contributed by atoms with van der Waals surface area (Å²) in [5, 5.41) is 9.07. The van der Waals surface area contributed by atoms with Crippen molar-refractivity contribution in [2.24, 2.45) is 0 Å². The number of amides is 7. The topological polar surface area (TPSA) is 147 Å². The summed E-state index contributed by atoms with van der Waals surface area (Å²) in [6.45, 7) is 15.1.